The molecule has 4 heteroatoms. The molecular weight excluding hydrogens is 216 g/mol. The summed E-state index contributed by atoms with van der Waals surface area (Å²) in [6.07, 6.45) is 3.73. The zero-order chi connectivity index (χ0) is 11.8. The third-order valence-corrected chi connectivity index (χ3v) is 2.70. The van der Waals surface area contributed by atoms with Crippen LogP contribution in [0, 0.1) is 6.92 Å². The molecule has 3 heterocycles. The third-order valence-electron chi connectivity index (χ3n) is 2.70. The van der Waals surface area contributed by atoms with Crippen molar-refractivity contribution in [2.24, 2.45) is 0 Å². The lowest BCUT2D eigenvalue weighted by Crippen LogP contribution is -1.89. The summed E-state index contributed by atoms with van der Waals surface area (Å²) in [6.45, 7) is 1.92. The van der Waals surface area contributed by atoms with Gasteiger partial charge in [0.1, 0.15) is 11.5 Å². The van der Waals surface area contributed by atoms with Gasteiger partial charge in [-0.05, 0) is 25.1 Å². The number of imidazole rings is 1. The van der Waals surface area contributed by atoms with Gasteiger partial charge in [0, 0.05) is 12.3 Å². The van der Waals surface area contributed by atoms with Crippen molar-refractivity contribution in [1.82, 2.24) is 9.38 Å². The van der Waals surface area contributed by atoms with Crippen molar-refractivity contribution < 1.29 is 9.15 Å². The number of aromatic nitrogens is 2. The average molecular weight is 228 g/mol. The first kappa shape index (κ1) is 9.96. The van der Waals surface area contributed by atoms with Gasteiger partial charge in [0.05, 0.1) is 18.8 Å². The Labute approximate surface area is 98.5 Å². The Bertz CT molecular complexity index is 667. The second kappa shape index (κ2) is 3.66. The molecule has 0 spiro atoms. The normalized spacial score (nSPS) is 10.9. The number of aryl methyl sites for hydroxylation is 1. The molecule has 3 aromatic rings. The van der Waals surface area contributed by atoms with Crippen LogP contribution < -0.4 is 4.74 Å². The lowest BCUT2D eigenvalue weighted by Gasteiger charge is -2.01. The lowest BCUT2D eigenvalue weighted by molar-refractivity contribution is 0.414. The predicted octanol–water partition coefficient (Wildman–Crippen LogP) is 2.91. The van der Waals surface area contributed by atoms with Gasteiger partial charge < -0.3 is 9.15 Å². The molecule has 0 saturated carbocycles. The van der Waals surface area contributed by atoms with Crippen molar-refractivity contribution in [1.29, 1.82) is 0 Å². The molecule has 0 aliphatic heterocycles. The number of furan rings is 1. The Balaban J connectivity index is 2.18. The molecule has 0 bridgehead atoms. The van der Waals surface area contributed by atoms with Crippen molar-refractivity contribution in [2.75, 3.05) is 7.11 Å². The van der Waals surface area contributed by atoms with Gasteiger partial charge in [-0.15, -0.1) is 0 Å². The highest BCUT2D eigenvalue weighted by molar-refractivity contribution is 5.60. The first-order valence-electron chi connectivity index (χ1n) is 5.36. The Morgan fingerprint density at radius 2 is 2.18 bits per heavy atom. The minimum absolute atomic E-state index is 0.771. The van der Waals surface area contributed by atoms with E-state index in [9.17, 15) is 0 Å². The molecule has 0 aliphatic rings. The second-order valence-electron chi connectivity index (χ2n) is 3.85. The molecule has 0 unspecified atom stereocenters. The molecule has 3 rings (SSSR count). The molecule has 0 atom stereocenters. The van der Waals surface area contributed by atoms with E-state index in [0.29, 0.717) is 0 Å². The van der Waals surface area contributed by atoms with E-state index in [1.54, 1.807) is 13.3 Å². The maximum Gasteiger partial charge on any atom is 0.180 e. The molecule has 0 saturated heterocycles. The summed E-state index contributed by atoms with van der Waals surface area (Å²) in [4.78, 5) is 4.37. The summed E-state index contributed by atoms with van der Waals surface area (Å²) in [6, 6.07) is 7.69. The van der Waals surface area contributed by atoms with Gasteiger partial charge in [-0.25, -0.2) is 4.98 Å². The number of rotatable bonds is 2. The number of ether oxygens (including phenoxy) is 1. The van der Waals surface area contributed by atoms with Crippen LogP contribution in [0.15, 0.2) is 41.1 Å². The van der Waals surface area contributed by atoms with Crippen LogP contribution in [-0.2, 0) is 0 Å². The minimum atomic E-state index is 0.771. The zero-order valence-corrected chi connectivity index (χ0v) is 9.68. The third kappa shape index (κ3) is 1.58. The smallest absolute Gasteiger partial charge is 0.180 e. The van der Waals surface area contributed by atoms with Crippen LogP contribution in [0.2, 0.25) is 0 Å². The van der Waals surface area contributed by atoms with E-state index in [4.69, 9.17) is 9.15 Å². The van der Waals surface area contributed by atoms with Gasteiger partial charge >= 0.3 is 0 Å². The van der Waals surface area contributed by atoms with Crippen LogP contribution in [0.5, 0.6) is 5.75 Å². The van der Waals surface area contributed by atoms with E-state index >= 15 is 0 Å². The molecule has 17 heavy (non-hydrogen) atoms. The van der Waals surface area contributed by atoms with E-state index in [0.717, 1.165) is 28.6 Å². The molecule has 0 amide bonds. The maximum atomic E-state index is 5.58. The molecule has 0 aromatic carbocycles. The molecular formula is C13H12N2O2. The fourth-order valence-corrected chi connectivity index (χ4v) is 1.84. The maximum absolute atomic E-state index is 5.58. The van der Waals surface area contributed by atoms with Crippen LogP contribution in [0.3, 0.4) is 0 Å². The largest absolute Gasteiger partial charge is 0.497 e. The SMILES string of the molecule is COc1ccn2c(-c3ccc(C)o3)ncc2c1. The van der Waals surface area contributed by atoms with Crippen molar-refractivity contribution in [3.8, 4) is 17.3 Å². The van der Waals surface area contributed by atoms with Crippen molar-refractivity contribution >= 4 is 5.52 Å². The summed E-state index contributed by atoms with van der Waals surface area (Å²) in [5.74, 6) is 3.27. The van der Waals surface area contributed by atoms with Crippen molar-refractivity contribution in [3.63, 3.8) is 0 Å². The van der Waals surface area contributed by atoms with Crippen LogP contribution in [-0.4, -0.2) is 16.5 Å². The van der Waals surface area contributed by atoms with Crippen molar-refractivity contribution in [3.05, 3.63) is 42.4 Å². The molecule has 0 N–H and O–H groups in total. The van der Waals surface area contributed by atoms with E-state index in [1.165, 1.54) is 0 Å². The number of pyridine rings is 1. The first-order chi connectivity index (χ1) is 8.28. The van der Waals surface area contributed by atoms with E-state index in [1.807, 2.05) is 41.8 Å². The Morgan fingerprint density at radius 1 is 1.29 bits per heavy atom. The standard InChI is InChI=1S/C13H12N2O2/c1-9-3-4-12(17-9)13-14-8-10-7-11(16-2)5-6-15(10)13/h3-8H,1-2H3. The predicted molar refractivity (Wildman–Crippen MR) is 64.2 cm³/mol. The van der Waals surface area contributed by atoms with Gasteiger partial charge in [0.15, 0.2) is 11.6 Å². The quantitative estimate of drug-likeness (QED) is 0.677. The molecule has 0 radical (unpaired) electrons. The monoisotopic (exact) mass is 228 g/mol. The van der Waals surface area contributed by atoms with Gasteiger partial charge in [-0.1, -0.05) is 0 Å². The Hall–Kier alpha value is -2.23. The van der Waals surface area contributed by atoms with Crippen LogP contribution in [0.25, 0.3) is 17.1 Å². The van der Waals surface area contributed by atoms with E-state index in [-0.39, 0.29) is 0 Å². The van der Waals surface area contributed by atoms with Crippen molar-refractivity contribution in [2.45, 2.75) is 6.92 Å². The number of nitrogens with zero attached hydrogens (tertiary/aromatic N) is 2. The highest BCUT2D eigenvalue weighted by Crippen LogP contribution is 2.23. The van der Waals surface area contributed by atoms with Gasteiger partial charge in [-0.2, -0.15) is 0 Å². The Kier molecular flexibility index (Phi) is 2.14. The van der Waals surface area contributed by atoms with Crippen LogP contribution in [0.4, 0.5) is 0 Å². The Morgan fingerprint density at radius 3 is 2.88 bits per heavy atom. The summed E-state index contributed by atoms with van der Waals surface area (Å²) in [5, 5.41) is 0. The van der Waals surface area contributed by atoms with Gasteiger partial charge in [0.2, 0.25) is 0 Å². The summed E-state index contributed by atoms with van der Waals surface area (Å²) in [7, 11) is 1.65. The highest BCUT2D eigenvalue weighted by Gasteiger charge is 2.10. The van der Waals surface area contributed by atoms with Gasteiger partial charge in [0.25, 0.3) is 0 Å². The molecule has 0 fully saturated rings. The number of hydrogen-bond acceptors (Lipinski definition) is 3. The van der Waals surface area contributed by atoms with E-state index in [2.05, 4.69) is 4.98 Å². The molecule has 3 aromatic heterocycles. The summed E-state index contributed by atoms with van der Waals surface area (Å²) >= 11 is 0. The number of methoxy groups -OCH3 is 1. The topological polar surface area (TPSA) is 39.7 Å². The lowest BCUT2D eigenvalue weighted by atomic mass is 10.4. The second-order valence-corrected chi connectivity index (χ2v) is 3.85. The summed E-state index contributed by atoms with van der Waals surface area (Å²) in [5.41, 5.74) is 0.980. The molecule has 0 aliphatic carbocycles. The fourth-order valence-electron chi connectivity index (χ4n) is 1.84. The first-order valence-corrected chi connectivity index (χ1v) is 5.36. The molecule has 86 valence electrons. The van der Waals surface area contributed by atoms with E-state index < -0.39 is 0 Å². The number of fused-ring (bicyclic) bond motifs is 1. The highest BCUT2D eigenvalue weighted by atomic mass is 16.5. The minimum Gasteiger partial charge on any atom is -0.497 e. The van der Waals surface area contributed by atoms with Gasteiger partial charge in [-0.3, -0.25) is 4.40 Å². The van der Waals surface area contributed by atoms with Crippen LogP contribution >= 0.6 is 0 Å². The van der Waals surface area contributed by atoms with Crippen LogP contribution in [0.1, 0.15) is 5.76 Å². The molecule has 4 nitrogen and oxygen atoms in total. The zero-order valence-electron chi connectivity index (χ0n) is 9.68. The number of hydrogen-bond donors (Lipinski definition) is 0. The average Bonchev–Trinajstić information content (AvgIpc) is 2.93. The summed E-state index contributed by atoms with van der Waals surface area (Å²) < 4.78 is 12.7. The fraction of sp³-hybridized carbons (Fsp3) is 0.154.